The standard InChI is InChI=1S/C21H21FN4O3/c1-13(15-8-9-16(17(22)10-15)14-6-4-3-5-7-14)18-11-19(26-29-18)25-21(23-2)24-12-20(27)28/h3-11,13H,12H2,1-2H3,(H,27,28)(H2,23,24,25,26). The van der Waals surface area contributed by atoms with Crippen LogP contribution in [0, 0.1) is 5.82 Å². The van der Waals surface area contributed by atoms with Crippen LogP contribution in [0.25, 0.3) is 11.1 Å². The lowest BCUT2D eigenvalue weighted by Crippen LogP contribution is -2.37. The topological polar surface area (TPSA) is 99.8 Å². The molecule has 0 aliphatic rings. The van der Waals surface area contributed by atoms with Crippen molar-refractivity contribution in [1.82, 2.24) is 15.8 Å². The van der Waals surface area contributed by atoms with Crippen molar-refractivity contribution in [2.75, 3.05) is 13.6 Å². The van der Waals surface area contributed by atoms with Gasteiger partial charge in [0.05, 0.1) is 0 Å². The molecule has 0 bridgehead atoms. The number of carboxylic acid groups (broad SMARTS) is 1. The van der Waals surface area contributed by atoms with Crippen LogP contribution in [0.4, 0.5) is 10.2 Å². The highest BCUT2D eigenvalue weighted by Crippen LogP contribution is 2.30. The van der Waals surface area contributed by atoms with Gasteiger partial charge in [-0.1, -0.05) is 54.5 Å². The smallest absolute Gasteiger partial charge is 0.322 e. The average Bonchev–Trinajstić information content (AvgIpc) is 3.19. The molecule has 1 heterocycles. The average molecular weight is 396 g/mol. The molecule has 0 saturated heterocycles. The van der Waals surface area contributed by atoms with Gasteiger partial charge in [0, 0.05) is 24.6 Å². The number of aliphatic carboxylic acids is 1. The van der Waals surface area contributed by atoms with E-state index in [0.29, 0.717) is 11.3 Å². The number of rotatable bonds is 6. The molecule has 3 aromatic rings. The van der Waals surface area contributed by atoms with Crippen LogP contribution in [0.2, 0.25) is 0 Å². The third-order valence-corrected chi connectivity index (χ3v) is 4.39. The van der Waals surface area contributed by atoms with Gasteiger partial charge < -0.3 is 20.3 Å². The Morgan fingerprint density at radius 1 is 1.24 bits per heavy atom. The number of nitrogens with zero attached hydrogens (tertiary/aromatic N) is 2. The molecule has 1 atom stereocenters. The molecule has 8 heteroatoms. The molecule has 3 N–H and O–H groups in total. The molecule has 3 rings (SSSR count). The zero-order valence-electron chi connectivity index (χ0n) is 16.0. The predicted octanol–water partition coefficient (Wildman–Crippen LogP) is 3.51. The number of halogens is 1. The highest BCUT2D eigenvalue weighted by atomic mass is 19.1. The fraction of sp³-hybridized carbons (Fsp3) is 0.190. The van der Waals surface area contributed by atoms with Crippen LogP contribution in [0.5, 0.6) is 0 Å². The van der Waals surface area contributed by atoms with Crippen molar-refractivity contribution in [2.24, 2.45) is 4.99 Å². The van der Waals surface area contributed by atoms with E-state index in [4.69, 9.17) is 9.63 Å². The van der Waals surface area contributed by atoms with E-state index < -0.39 is 5.97 Å². The van der Waals surface area contributed by atoms with Crippen LogP contribution < -0.4 is 10.6 Å². The van der Waals surface area contributed by atoms with Crippen molar-refractivity contribution < 1.29 is 18.8 Å². The van der Waals surface area contributed by atoms with Crippen molar-refractivity contribution in [3.05, 3.63) is 71.7 Å². The molecule has 0 saturated carbocycles. The maximum Gasteiger partial charge on any atom is 0.322 e. The van der Waals surface area contributed by atoms with Crippen LogP contribution in [0.15, 0.2) is 64.1 Å². The number of aromatic nitrogens is 1. The summed E-state index contributed by atoms with van der Waals surface area (Å²) in [5.41, 5.74) is 2.09. The second-order valence-electron chi connectivity index (χ2n) is 6.37. The van der Waals surface area contributed by atoms with Crippen molar-refractivity contribution in [1.29, 1.82) is 0 Å². The zero-order valence-corrected chi connectivity index (χ0v) is 16.0. The molecule has 29 heavy (non-hydrogen) atoms. The lowest BCUT2D eigenvalue weighted by Gasteiger charge is -2.10. The van der Waals surface area contributed by atoms with Crippen LogP contribution >= 0.6 is 0 Å². The molecule has 1 unspecified atom stereocenters. The summed E-state index contributed by atoms with van der Waals surface area (Å²) < 4.78 is 20.0. The summed E-state index contributed by atoms with van der Waals surface area (Å²) in [6.07, 6.45) is 0. The number of aliphatic imine (C=N–C) groups is 1. The summed E-state index contributed by atoms with van der Waals surface area (Å²) in [5.74, 6) is -0.522. The van der Waals surface area contributed by atoms with E-state index in [2.05, 4.69) is 20.8 Å². The summed E-state index contributed by atoms with van der Waals surface area (Å²) in [6, 6.07) is 16.1. The largest absolute Gasteiger partial charge is 0.480 e. The summed E-state index contributed by atoms with van der Waals surface area (Å²) in [6.45, 7) is 1.60. The van der Waals surface area contributed by atoms with Gasteiger partial charge in [0.1, 0.15) is 18.1 Å². The summed E-state index contributed by atoms with van der Waals surface area (Å²) >= 11 is 0. The molecule has 2 aromatic carbocycles. The van der Waals surface area contributed by atoms with Gasteiger partial charge in [-0.15, -0.1) is 0 Å². The Morgan fingerprint density at radius 2 is 2.00 bits per heavy atom. The second kappa shape index (κ2) is 9.01. The number of carbonyl (C=O) groups is 1. The van der Waals surface area contributed by atoms with Crippen LogP contribution in [0.1, 0.15) is 24.2 Å². The fourth-order valence-corrected chi connectivity index (χ4v) is 2.81. The van der Waals surface area contributed by atoms with Crippen LogP contribution in [-0.2, 0) is 4.79 Å². The molecule has 7 nitrogen and oxygen atoms in total. The highest BCUT2D eigenvalue weighted by Gasteiger charge is 2.17. The Bertz CT molecular complexity index is 1020. The number of hydrogen-bond donors (Lipinski definition) is 3. The van der Waals surface area contributed by atoms with Crippen molar-refractivity contribution in [3.63, 3.8) is 0 Å². The molecular formula is C21H21FN4O3. The molecule has 150 valence electrons. The Hall–Kier alpha value is -3.68. The number of guanidine groups is 1. The fourth-order valence-electron chi connectivity index (χ4n) is 2.81. The third-order valence-electron chi connectivity index (χ3n) is 4.39. The minimum atomic E-state index is -1.01. The molecule has 0 aliphatic heterocycles. The van der Waals surface area contributed by atoms with E-state index in [9.17, 15) is 9.18 Å². The number of benzene rings is 2. The lowest BCUT2D eigenvalue weighted by atomic mass is 9.95. The van der Waals surface area contributed by atoms with Gasteiger partial charge >= 0.3 is 5.97 Å². The second-order valence-corrected chi connectivity index (χ2v) is 6.37. The molecule has 0 fully saturated rings. The maximum atomic E-state index is 14.7. The van der Waals surface area contributed by atoms with Gasteiger partial charge in [-0.3, -0.25) is 4.79 Å². The van der Waals surface area contributed by atoms with E-state index in [-0.39, 0.29) is 30.1 Å². The van der Waals surface area contributed by atoms with Gasteiger partial charge in [-0.05, 0) is 17.2 Å². The van der Waals surface area contributed by atoms with E-state index in [1.165, 1.54) is 6.07 Å². The summed E-state index contributed by atoms with van der Waals surface area (Å²) in [7, 11) is 1.61. The number of nitrogens with one attached hydrogen (secondary N) is 2. The molecule has 0 aliphatic carbocycles. The SMILES string of the molecule is CNC(=Nc1cc(C(C)c2ccc(-c3ccccc3)c(F)c2)on1)NCC(=O)O. The van der Waals surface area contributed by atoms with E-state index in [1.54, 1.807) is 19.2 Å². The normalized spacial score (nSPS) is 12.4. The van der Waals surface area contributed by atoms with Crippen LogP contribution in [0.3, 0.4) is 0 Å². The third kappa shape index (κ3) is 4.98. The maximum absolute atomic E-state index is 14.7. The molecule has 0 amide bonds. The van der Waals surface area contributed by atoms with E-state index in [0.717, 1.165) is 11.1 Å². The first-order valence-corrected chi connectivity index (χ1v) is 9.01. The first kappa shape index (κ1) is 20.1. The monoisotopic (exact) mass is 396 g/mol. The Labute approximate surface area is 167 Å². The summed E-state index contributed by atoms with van der Waals surface area (Å²) in [5, 5.41) is 18.0. The van der Waals surface area contributed by atoms with Gasteiger partial charge in [-0.25, -0.2) is 4.39 Å². The first-order valence-electron chi connectivity index (χ1n) is 9.01. The van der Waals surface area contributed by atoms with Gasteiger partial charge in [0.15, 0.2) is 11.8 Å². The van der Waals surface area contributed by atoms with Gasteiger partial charge in [0.2, 0.25) is 0 Å². The van der Waals surface area contributed by atoms with Gasteiger partial charge in [-0.2, -0.15) is 4.99 Å². The van der Waals surface area contributed by atoms with Crippen molar-refractivity contribution in [2.45, 2.75) is 12.8 Å². The van der Waals surface area contributed by atoms with E-state index >= 15 is 0 Å². The molecule has 0 spiro atoms. The van der Waals surface area contributed by atoms with E-state index in [1.807, 2.05) is 43.3 Å². The minimum Gasteiger partial charge on any atom is -0.480 e. The van der Waals surface area contributed by atoms with Crippen molar-refractivity contribution in [3.8, 4) is 11.1 Å². The van der Waals surface area contributed by atoms with Crippen LogP contribution in [-0.4, -0.2) is 35.8 Å². The Balaban J connectivity index is 1.78. The minimum absolute atomic E-state index is 0.240. The number of carboxylic acids is 1. The molecular weight excluding hydrogens is 375 g/mol. The zero-order chi connectivity index (χ0) is 20.8. The Morgan fingerprint density at radius 3 is 2.66 bits per heavy atom. The predicted molar refractivity (Wildman–Crippen MR) is 108 cm³/mol. The molecule has 0 radical (unpaired) electrons. The Kier molecular flexibility index (Phi) is 6.23. The highest BCUT2D eigenvalue weighted by molar-refractivity contribution is 5.85. The number of hydrogen-bond acceptors (Lipinski definition) is 4. The lowest BCUT2D eigenvalue weighted by molar-refractivity contribution is -0.135. The van der Waals surface area contributed by atoms with Crippen molar-refractivity contribution >= 4 is 17.7 Å². The van der Waals surface area contributed by atoms with Gasteiger partial charge in [0.25, 0.3) is 0 Å². The quantitative estimate of drug-likeness (QED) is 0.436. The molecule has 1 aromatic heterocycles. The first-order chi connectivity index (χ1) is 14.0. The summed E-state index contributed by atoms with van der Waals surface area (Å²) in [4.78, 5) is 14.8.